The number of primary amides is 1. The Balaban J connectivity index is 2.72. The highest BCUT2D eigenvalue weighted by Gasteiger charge is 2.24. The normalized spacial score (nSPS) is 12.9. The lowest BCUT2D eigenvalue weighted by Gasteiger charge is -2.21. The number of carbonyl (C=O) groups is 2. The van der Waals surface area contributed by atoms with Crippen molar-refractivity contribution >= 4 is 24.6 Å². The number of ether oxygens (including phenoxy) is 1. The van der Waals surface area contributed by atoms with Gasteiger partial charge in [-0.3, -0.25) is 14.3 Å². The van der Waals surface area contributed by atoms with Gasteiger partial charge in [-0.15, -0.1) is 6.42 Å². The molecule has 0 aliphatic heterocycles. The van der Waals surface area contributed by atoms with Crippen LogP contribution in [-0.2, 0) is 16.0 Å². The van der Waals surface area contributed by atoms with Gasteiger partial charge in [0.1, 0.15) is 18.4 Å². The van der Waals surface area contributed by atoms with Gasteiger partial charge in [-0.1, -0.05) is 44.7 Å². The third-order valence-electron chi connectivity index (χ3n) is 3.52. The smallest absolute Gasteiger partial charge is 0.240 e. The zero-order valence-corrected chi connectivity index (χ0v) is 15.4. The Morgan fingerprint density at radius 3 is 2.40 bits per heavy atom. The van der Waals surface area contributed by atoms with Gasteiger partial charge in [-0.05, 0) is 30.0 Å². The lowest BCUT2D eigenvalue weighted by Crippen LogP contribution is -2.51. The van der Waals surface area contributed by atoms with Gasteiger partial charge in [-0.2, -0.15) is 0 Å². The summed E-state index contributed by atoms with van der Waals surface area (Å²) in [6.45, 7) is 4.19. The molecule has 0 saturated carbocycles. The SMILES string of the molecule is C#CCOc1ccc(CC(NC(=O)[C@H](CC(C)C)NS)C(N)=O)cc1. The van der Waals surface area contributed by atoms with Crippen LogP contribution in [-0.4, -0.2) is 30.5 Å². The van der Waals surface area contributed by atoms with Crippen molar-refractivity contribution in [3.8, 4) is 18.1 Å². The summed E-state index contributed by atoms with van der Waals surface area (Å²) < 4.78 is 7.96. The van der Waals surface area contributed by atoms with Crippen LogP contribution in [0.1, 0.15) is 25.8 Å². The number of nitrogens with two attached hydrogens (primary N) is 1. The molecule has 0 heterocycles. The molecule has 1 aromatic carbocycles. The van der Waals surface area contributed by atoms with E-state index in [1.807, 2.05) is 13.8 Å². The Kier molecular flexibility index (Phi) is 8.89. The second-order valence-electron chi connectivity index (χ2n) is 6.12. The van der Waals surface area contributed by atoms with Crippen LogP contribution in [0.25, 0.3) is 0 Å². The summed E-state index contributed by atoms with van der Waals surface area (Å²) >= 11 is 3.99. The number of carbonyl (C=O) groups excluding carboxylic acids is 2. The maximum absolute atomic E-state index is 12.3. The molecular formula is C18H25N3O3S. The van der Waals surface area contributed by atoms with Crippen LogP contribution in [0.15, 0.2) is 24.3 Å². The number of amides is 2. The maximum atomic E-state index is 12.3. The van der Waals surface area contributed by atoms with E-state index in [2.05, 4.69) is 28.8 Å². The van der Waals surface area contributed by atoms with Gasteiger partial charge < -0.3 is 15.8 Å². The molecule has 136 valence electrons. The fraction of sp³-hybridized carbons (Fsp3) is 0.444. The number of nitrogens with one attached hydrogen (secondary N) is 2. The molecule has 2 amide bonds. The standard InChI is InChI=1S/C18H25N3O3S/c1-4-9-24-14-7-5-13(6-8-14)11-15(17(19)22)20-18(23)16(21-25)10-12(2)3/h1,5-8,12,15-16,21,25H,9-11H2,2-3H3,(H2,19,22)(H,20,23)/t15?,16-/m0/s1. The van der Waals surface area contributed by atoms with Gasteiger partial charge in [0, 0.05) is 6.42 Å². The van der Waals surface area contributed by atoms with E-state index in [4.69, 9.17) is 16.9 Å². The van der Waals surface area contributed by atoms with Crippen molar-refractivity contribution in [1.82, 2.24) is 10.0 Å². The summed E-state index contributed by atoms with van der Waals surface area (Å²) in [5.41, 5.74) is 6.28. The van der Waals surface area contributed by atoms with Crippen LogP contribution in [0.2, 0.25) is 0 Å². The summed E-state index contributed by atoms with van der Waals surface area (Å²) in [6, 6.07) is 5.81. The number of rotatable bonds is 10. The van der Waals surface area contributed by atoms with Crippen LogP contribution in [0, 0.1) is 18.3 Å². The second-order valence-corrected chi connectivity index (χ2v) is 6.37. The van der Waals surface area contributed by atoms with Crippen LogP contribution in [0.3, 0.4) is 0 Å². The molecule has 0 spiro atoms. The minimum absolute atomic E-state index is 0.188. The van der Waals surface area contributed by atoms with Crippen molar-refractivity contribution in [2.75, 3.05) is 6.61 Å². The summed E-state index contributed by atoms with van der Waals surface area (Å²) in [7, 11) is 0. The van der Waals surface area contributed by atoms with E-state index in [1.54, 1.807) is 24.3 Å². The minimum atomic E-state index is -0.804. The molecule has 0 fully saturated rings. The largest absolute Gasteiger partial charge is 0.481 e. The van der Waals surface area contributed by atoms with E-state index < -0.39 is 18.0 Å². The number of hydrogen-bond donors (Lipinski definition) is 4. The molecule has 0 bridgehead atoms. The highest BCUT2D eigenvalue weighted by Crippen LogP contribution is 2.14. The molecular weight excluding hydrogens is 338 g/mol. The fourth-order valence-electron chi connectivity index (χ4n) is 2.27. The highest BCUT2D eigenvalue weighted by atomic mass is 32.1. The number of hydrogen-bond acceptors (Lipinski definition) is 5. The van der Waals surface area contributed by atoms with Gasteiger partial charge >= 0.3 is 0 Å². The van der Waals surface area contributed by atoms with Crippen LogP contribution < -0.4 is 20.5 Å². The van der Waals surface area contributed by atoms with E-state index in [0.717, 1.165) is 5.56 Å². The number of benzene rings is 1. The van der Waals surface area contributed by atoms with Crippen molar-refractivity contribution in [3.05, 3.63) is 29.8 Å². The monoisotopic (exact) mass is 363 g/mol. The summed E-state index contributed by atoms with van der Waals surface area (Å²) in [5, 5.41) is 2.69. The third kappa shape index (κ3) is 7.50. The summed E-state index contributed by atoms with van der Waals surface area (Å²) in [4.78, 5) is 24.0. The molecule has 1 rings (SSSR count). The lowest BCUT2D eigenvalue weighted by atomic mass is 10.0. The Hall–Kier alpha value is -2.17. The van der Waals surface area contributed by atoms with Crippen molar-refractivity contribution in [2.24, 2.45) is 11.7 Å². The lowest BCUT2D eigenvalue weighted by molar-refractivity contribution is -0.128. The first-order chi connectivity index (χ1) is 11.9. The van der Waals surface area contributed by atoms with Crippen molar-refractivity contribution < 1.29 is 14.3 Å². The first-order valence-electron chi connectivity index (χ1n) is 8.01. The minimum Gasteiger partial charge on any atom is -0.481 e. The van der Waals surface area contributed by atoms with Gasteiger partial charge in [0.2, 0.25) is 11.8 Å². The average Bonchev–Trinajstić information content (AvgIpc) is 2.57. The summed E-state index contributed by atoms with van der Waals surface area (Å²) in [6.07, 6.45) is 6.03. The third-order valence-corrected chi connectivity index (χ3v) is 3.84. The van der Waals surface area contributed by atoms with Crippen LogP contribution >= 0.6 is 12.8 Å². The van der Waals surface area contributed by atoms with E-state index in [1.165, 1.54) is 0 Å². The van der Waals surface area contributed by atoms with Crippen molar-refractivity contribution in [2.45, 2.75) is 38.8 Å². The molecule has 4 N–H and O–H groups in total. The topological polar surface area (TPSA) is 93.4 Å². The Labute approximate surface area is 154 Å². The summed E-state index contributed by atoms with van der Waals surface area (Å²) in [5.74, 6) is 2.43. The maximum Gasteiger partial charge on any atom is 0.240 e. The molecule has 0 aliphatic carbocycles. The van der Waals surface area contributed by atoms with Gasteiger partial charge in [0.25, 0.3) is 0 Å². The molecule has 0 aromatic heterocycles. The molecule has 7 heteroatoms. The quantitative estimate of drug-likeness (QED) is 0.369. The van der Waals surface area contributed by atoms with Crippen LogP contribution in [0.5, 0.6) is 5.75 Å². The Morgan fingerprint density at radius 2 is 1.92 bits per heavy atom. The molecule has 25 heavy (non-hydrogen) atoms. The van der Waals surface area contributed by atoms with Gasteiger partial charge in [0.05, 0.1) is 6.04 Å². The Bertz CT molecular complexity index is 611. The average molecular weight is 363 g/mol. The molecule has 2 atom stereocenters. The first-order valence-corrected chi connectivity index (χ1v) is 8.46. The second kappa shape index (κ2) is 10.6. The van der Waals surface area contributed by atoms with E-state index in [9.17, 15) is 9.59 Å². The van der Waals surface area contributed by atoms with E-state index in [0.29, 0.717) is 18.1 Å². The molecule has 1 aromatic rings. The molecule has 0 saturated heterocycles. The first kappa shape index (κ1) is 20.9. The molecule has 6 nitrogen and oxygen atoms in total. The van der Waals surface area contributed by atoms with E-state index >= 15 is 0 Å². The van der Waals surface area contributed by atoms with Gasteiger partial charge in [0.15, 0.2) is 0 Å². The zero-order valence-electron chi connectivity index (χ0n) is 14.5. The predicted octanol–water partition coefficient (Wildman–Crippen LogP) is 1.06. The predicted molar refractivity (Wildman–Crippen MR) is 101 cm³/mol. The van der Waals surface area contributed by atoms with Crippen molar-refractivity contribution in [1.29, 1.82) is 0 Å². The van der Waals surface area contributed by atoms with Crippen molar-refractivity contribution in [3.63, 3.8) is 0 Å². The van der Waals surface area contributed by atoms with Crippen LogP contribution in [0.4, 0.5) is 0 Å². The Morgan fingerprint density at radius 1 is 1.28 bits per heavy atom. The number of terminal acetylenes is 1. The highest BCUT2D eigenvalue weighted by molar-refractivity contribution is 7.78. The number of thiol groups is 1. The fourth-order valence-corrected chi connectivity index (χ4v) is 2.49. The van der Waals surface area contributed by atoms with E-state index in [-0.39, 0.29) is 18.9 Å². The molecule has 1 unspecified atom stereocenters. The molecule has 0 radical (unpaired) electrons. The molecule has 0 aliphatic rings. The zero-order chi connectivity index (χ0) is 18.8. The van der Waals surface area contributed by atoms with Gasteiger partial charge in [-0.25, -0.2) is 0 Å².